The number of hydrogen-bond donors (Lipinski definition) is 2. The zero-order valence-corrected chi connectivity index (χ0v) is 8.99. The SMILES string of the molecule is O=C(OCCCO)OOC(=O)OCCCOO. The minimum atomic E-state index is -1.22. The zero-order valence-electron chi connectivity index (χ0n) is 8.99. The first-order valence-corrected chi connectivity index (χ1v) is 4.76. The lowest BCUT2D eigenvalue weighted by atomic mass is 10.5. The lowest BCUT2D eigenvalue weighted by Gasteiger charge is -2.04. The Bertz CT molecular complexity index is 217. The van der Waals surface area contributed by atoms with E-state index >= 15 is 0 Å². The highest BCUT2D eigenvalue weighted by atomic mass is 17.3. The van der Waals surface area contributed by atoms with Crippen LogP contribution in [0.4, 0.5) is 9.59 Å². The molecule has 0 saturated carbocycles. The summed E-state index contributed by atoms with van der Waals surface area (Å²) in [5.41, 5.74) is 0. The molecule has 0 heterocycles. The maximum absolute atomic E-state index is 10.7. The summed E-state index contributed by atoms with van der Waals surface area (Å²) in [6.45, 7) is -0.260. The van der Waals surface area contributed by atoms with Gasteiger partial charge in [-0.15, -0.1) is 0 Å². The van der Waals surface area contributed by atoms with Crippen LogP contribution in [0.2, 0.25) is 0 Å². The molecule has 100 valence electrons. The van der Waals surface area contributed by atoms with Gasteiger partial charge in [-0.05, 0) is 0 Å². The first-order chi connectivity index (χ1) is 8.20. The van der Waals surface area contributed by atoms with Gasteiger partial charge in [-0.1, -0.05) is 0 Å². The molecule has 0 aliphatic heterocycles. The number of aliphatic hydroxyl groups is 1. The normalized spacial score (nSPS) is 9.53. The molecule has 0 aromatic carbocycles. The number of aliphatic hydroxyl groups excluding tert-OH is 1. The van der Waals surface area contributed by atoms with E-state index in [1.165, 1.54) is 0 Å². The standard InChI is InChI=1S/C8H14O9/c9-3-1-4-13-7(10)16-17-8(11)14-5-2-6-15-12/h9,12H,1-6H2. The van der Waals surface area contributed by atoms with Gasteiger partial charge < -0.3 is 14.6 Å². The second kappa shape index (κ2) is 10.9. The van der Waals surface area contributed by atoms with Crippen molar-refractivity contribution in [3.8, 4) is 0 Å². The van der Waals surface area contributed by atoms with Crippen LogP contribution >= 0.6 is 0 Å². The van der Waals surface area contributed by atoms with Gasteiger partial charge in [0.05, 0.1) is 19.8 Å². The Morgan fingerprint density at radius 2 is 1.41 bits per heavy atom. The molecule has 0 aliphatic carbocycles. The van der Waals surface area contributed by atoms with Gasteiger partial charge in [0.1, 0.15) is 0 Å². The highest BCUT2D eigenvalue weighted by Gasteiger charge is 2.11. The molecule has 0 rings (SSSR count). The number of carbonyl (C=O) groups excluding carboxylic acids is 2. The Morgan fingerprint density at radius 3 is 1.88 bits per heavy atom. The number of rotatable bonds is 7. The van der Waals surface area contributed by atoms with Crippen molar-refractivity contribution in [2.24, 2.45) is 0 Å². The molecular weight excluding hydrogens is 240 g/mol. The molecule has 2 N–H and O–H groups in total. The van der Waals surface area contributed by atoms with Crippen molar-refractivity contribution in [1.29, 1.82) is 0 Å². The lowest BCUT2D eigenvalue weighted by Crippen LogP contribution is -2.15. The summed E-state index contributed by atoms with van der Waals surface area (Å²) in [6.07, 6.45) is -1.93. The van der Waals surface area contributed by atoms with Gasteiger partial charge in [-0.25, -0.2) is 4.89 Å². The first kappa shape index (κ1) is 15.4. The molecule has 0 aromatic heterocycles. The molecule has 0 spiro atoms. The van der Waals surface area contributed by atoms with Gasteiger partial charge in [0.25, 0.3) is 0 Å². The van der Waals surface area contributed by atoms with Crippen LogP contribution in [0.15, 0.2) is 0 Å². The monoisotopic (exact) mass is 254 g/mol. The Hall–Kier alpha value is -1.58. The van der Waals surface area contributed by atoms with Crippen molar-refractivity contribution in [1.82, 2.24) is 0 Å². The van der Waals surface area contributed by atoms with Crippen LogP contribution in [0.25, 0.3) is 0 Å². The van der Waals surface area contributed by atoms with Gasteiger partial charge in [-0.3, -0.25) is 5.26 Å². The predicted molar refractivity (Wildman–Crippen MR) is 49.8 cm³/mol. The van der Waals surface area contributed by atoms with Crippen molar-refractivity contribution >= 4 is 12.3 Å². The van der Waals surface area contributed by atoms with Crippen LogP contribution in [0.1, 0.15) is 12.8 Å². The lowest BCUT2D eigenvalue weighted by molar-refractivity contribution is -0.245. The summed E-state index contributed by atoms with van der Waals surface area (Å²) in [7, 11) is 0. The smallest absolute Gasteiger partial charge is 0.432 e. The van der Waals surface area contributed by atoms with Gasteiger partial charge in [0, 0.05) is 19.4 Å². The molecule has 0 atom stereocenters. The Morgan fingerprint density at radius 1 is 0.882 bits per heavy atom. The summed E-state index contributed by atoms with van der Waals surface area (Å²) in [5.74, 6) is 0. The first-order valence-electron chi connectivity index (χ1n) is 4.76. The van der Waals surface area contributed by atoms with Crippen molar-refractivity contribution in [2.75, 3.05) is 26.4 Å². The van der Waals surface area contributed by atoms with E-state index in [0.29, 0.717) is 0 Å². The quantitative estimate of drug-likeness (QED) is 0.289. The summed E-state index contributed by atoms with van der Waals surface area (Å²) in [4.78, 5) is 32.9. The molecule has 0 fully saturated rings. The Balaban J connectivity index is 3.39. The van der Waals surface area contributed by atoms with Crippen LogP contribution in [0.3, 0.4) is 0 Å². The third-order valence-corrected chi connectivity index (χ3v) is 1.30. The van der Waals surface area contributed by atoms with Crippen molar-refractivity contribution in [2.45, 2.75) is 12.8 Å². The van der Waals surface area contributed by atoms with E-state index in [1.54, 1.807) is 0 Å². The van der Waals surface area contributed by atoms with Crippen molar-refractivity contribution in [3.63, 3.8) is 0 Å². The Labute approximate surface area is 96.6 Å². The molecule has 0 aromatic rings. The number of carbonyl (C=O) groups is 2. The largest absolute Gasteiger partial charge is 0.549 e. The second-order valence-electron chi connectivity index (χ2n) is 2.63. The van der Waals surface area contributed by atoms with E-state index in [9.17, 15) is 9.59 Å². The molecule has 0 aliphatic rings. The fourth-order valence-electron chi connectivity index (χ4n) is 0.615. The summed E-state index contributed by atoms with van der Waals surface area (Å²) in [6, 6.07) is 0. The van der Waals surface area contributed by atoms with Gasteiger partial charge in [-0.2, -0.15) is 19.4 Å². The average Bonchev–Trinajstić information content (AvgIpc) is 2.32. The molecule has 0 radical (unpaired) electrons. The van der Waals surface area contributed by atoms with E-state index in [-0.39, 0.29) is 39.3 Å². The Kier molecular flexibility index (Phi) is 9.91. The molecule has 9 heteroatoms. The fourth-order valence-corrected chi connectivity index (χ4v) is 0.615. The number of hydrogen-bond acceptors (Lipinski definition) is 9. The van der Waals surface area contributed by atoms with E-state index in [2.05, 4.69) is 24.1 Å². The summed E-state index contributed by atoms with van der Waals surface area (Å²) in [5, 5.41) is 16.3. The second-order valence-corrected chi connectivity index (χ2v) is 2.63. The van der Waals surface area contributed by atoms with Crippen LogP contribution in [-0.4, -0.2) is 49.1 Å². The summed E-state index contributed by atoms with van der Waals surface area (Å²) >= 11 is 0. The van der Waals surface area contributed by atoms with E-state index < -0.39 is 12.3 Å². The molecular formula is C8H14O9. The zero-order chi connectivity index (χ0) is 12.9. The van der Waals surface area contributed by atoms with E-state index in [1.807, 2.05) is 0 Å². The summed E-state index contributed by atoms with van der Waals surface area (Å²) < 4.78 is 8.76. The average molecular weight is 254 g/mol. The molecule has 17 heavy (non-hydrogen) atoms. The van der Waals surface area contributed by atoms with Gasteiger partial charge in [0.15, 0.2) is 0 Å². The predicted octanol–water partition coefficient (Wildman–Crippen LogP) is 0.470. The third-order valence-electron chi connectivity index (χ3n) is 1.30. The van der Waals surface area contributed by atoms with Gasteiger partial charge in [0.2, 0.25) is 0 Å². The van der Waals surface area contributed by atoms with Crippen LogP contribution in [0, 0.1) is 0 Å². The minimum Gasteiger partial charge on any atom is -0.432 e. The van der Waals surface area contributed by atoms with E-state index in [4.69, 9.17) is 10.4 Å². The molecule has 0 amide bonds. The van der Waals surface area contributed by atoms with Crippen LogP contribution < -0.4 is 0 Å². The van der Waals surface area contributed by atoms with Crippen LogP contribution in [0.5, 0.6) is 0 Å². The topological polar surface area (TPSA) is 121 Å². The molecule has 0 saturated heterocycles. The van der Waals surface area contributed by atoms with Crippen LogP contribution in [-0.2, 0) is 24.1 Å². The maximum atomic E-state index is 10.7. The highest BCUT2D eigenvalue weighted by molar-refractivity contribution is 5.63. The molecule has 0 bridgehead atoms. The fraction of sp³-hybridized carbons (Fsp3) is 0.750. The molecule has 0 unspecified atom stereocenters. The number of ether oxygens (including phenoxy) is 2. The molecule has 9 nitrogen and oxygen atoms in total. The third kappa shape index (κ3) is 10.7. The van der Waals surface area contributed by atoms with Crippen molar-refractivity contribution < 1.29 is 44.1 Å². The van der Waals surface area contributed by atoms with Gasteiger partial charge >= 0.3 is 12.3 Å². The van der Waals surface area contributed by atoms with E-state index in [0.717, 1.165) is 0 Å². The maximum Gasteiger partial charge on any atom is 0.549 e. The minimum absolute atomic E-state index is 0.00264. The highest BCUT2D eigenvalue weighted by Crippen LogP contribution is 1.93. The van der Waals surface area contributed by atoms with Crippen molar-refractivity contribution in [3.05, 3.63) is 0 Å².